The fourth-order valence-corrected chi connectivity index (χ4v) is 8.17. The second-order valence-corrected chi connectivity index (χ2v) is 18.6. The topological polar surface area (TPSA) is 189 Å². The fraction of sp³-hybridized carbons (Fsp3) is 0.833. The summed E-state index contributed by atoms with van der Waals surface area (Å²) < 4.78 is 11.1. The van der Waals surface area contributed by atoms with Gasteiger partial charge in [0.05, 0.1) is 25.4 Å². The standard InChI is InChI=1S/C54H99NO10/c1-3-5-7-9-11-13-15-16-17-18-19-20-21-22-23-24-25-26-27-28-29-30-32-33-35-37-39-41-46(57)49(59)45(44-64-54-52(62)51(61)50(60)48(43-56)65-54)55-53(63)47(58)42-40-38-36-34-31-14-12-10-8-6-4-2/h12,14,24-25,28-29,33,35,45-52,54,56-62H,3-11,13,15-23,26-27,30-32,34,36-44H2,1-2H3,(H,55,63)/b14-12-,25-24+,29-28+,35-33+. The lowest BCUT2D eigenvalue weighted by Gasteiger charge is -2.40. The van der Waals surface area contributed by atoms with Crippen molar-refractivity contribution in [3.63, 3.8) is 0 Å². The number of carbonyl (C=O) groups is 1. The first-order valence-corrected chi connectivity index (χ1v) is 26.5. The van der Waals surface area contributed by atoms with Crippen LogP contribution in [0.5, 0.6) is 0 Å². The van der Waals surface area contributed by atoms with E-state index >= 15 is 0 Å². The van der Waals surface area contributed by atoms with Crippen LogP contribution in [0.1, 0.15) is 219 Å². The van der Waals surface area contributed by atoms with Gasteiger partial charge in [0, 0.05) is 0 Å². The van der Waals surface area contributed by atoms with Crippen molar-refractivity contribution in [1.82, 2.24) is 5.32 Å². The quantitative estimate of drug-likeness (QED) is 0.0216. The highest BCUT2D eigenvalue weighted by atomic mass is 16.7. The number of aliphatic hydroxyl groups is 7. The average Bonchev–Trinajstić information content (AvgIpc) is 3.31. The number of allylic oxidation sites excluding steroid dienone is 8. The van der Waals surface area contributed by atoms with Crippen molar-refractivity contribution in [3.05, 3.63) is 48.6 Å². The molecular weight excluding hydrogens is 823 g/mol. The maximum Gasteiger partial charge on any atom is 0.249 e. The van der Waals surface area contributed by atoms with Crippen LogP contribution in [-0.2, 0) is 14.3 Å². The number of unbranched alkanes of at least 4 members (excludes halogenated alkanes) is 24. The zero-order chi connectivity index (χ0) is 47.6. The van der Waals surface area contributed by atoms with Crippen molar-refractivity contribution >= 4 is 5.91 Å². The lowest BCUT2D eigenvalue weighted by Crippen LogP contribution is -2.60. The van der Waals surface area contributed by atoms with Crippen LogP contribution in [0.15, 0.2) is 48.6 Å². The number of rotatable bonds is 44. The molecule has 0 aromatic rings. The van der Waals surface area contributed by atoms with Crippen molar-refractivity contribution < 1.29 is 50.0 Å². The van der Waals surface area contributed by atoms with Crippen LogP contribution in [0.4, 0.5) is 0 Å². The van der Waals surface area contributed by atoms with E-state index in [1.165, 1.54) is 116 Å². The Hall–Kier alpha value is -1.93. The van der Waals surface area contributed by atoms with Gasteiger partial charge in [-0.15, -0.1) is 0 Å². The summed E-state index contributed by atoms with van der Waals surface area (Å²) in [5.74, 6) is -0.725. The third kappa shape index (κ3) is 32.5. The minimum Gasteiger partial charge on any atom is -0.394 e. The third-order valence-corrected chi connectivity index (χ3v) is 12.6. The van der Waals surface area contributed by atoms with Crippen molar-refractivity contribution in [1.29, 1.82) is 0 Å². The number of amides is 1. The highest BCUT2D eigenvalue weighted by Crippen LogP contribution is 2.23. The van der Waals surface area contributed by atoms with Gasteiger partial charge in [0.25, 0.3) is 0 Å². The maximum absolute atomic E-state index is 13.1. The molecule has 9 atom stereocenters. The van der Waals surface area contributed by atoms with Gasteiger partial charge in [-0.2, -0.15) is 0 Å². The fourth-order valence-electron chi connectivity index (χ4n) is 8.17. The number of aliphatic hydroxyl groups excluding tert-OH is 7. The highest BCUT2D eigenvalue weighted by molar-refractivity contribution is 5.80. The van der Waals surface area contributed by atoms with E-state index in [0.717, 1.165) is 57.8 Å². The molecule has 11 nitrogen and oxygen atoms in total. The van der Waals surface area contributed by atoms with Gasteiger partial charge < -0.3 is 50.5 Å². The van der Waals surface area contributed by atoms with E-state index in [1.54, 1.807) is 0 Å². The lowest BCUT2D eigenvalue weighted by atomic mass is 9.98. The molecule has 380 valence electrons. The van der Waals surface area contributed by atoms with E-state index in [-0.39, 0.29) is 12.8 Å². The summed E-state index contributed by atoms with van der Waals surface area (Å²) in [5.41, 5.74) is 0. The van der Waals surface area contributed by atoms with E-state index in [4.69, 9.17) is 9.47 Å². The van der Waals surface area contributed by atoms with E-state index in [9.17, 15) is 40.5 Å². The Bertz CT molecular complexity index is 1190. The predicted octanol–water partition coefficient (Wildman–Crippen LogP) is 10.1. The molecule has 0 aliphatic carbocycles. The van der Waals surface area contributed by atoms with Crippen LogP contribution >= 0.6 is 0 Å². The van der Waals surface area contributed by atoms with Gasteiger partial charge in [0.15, 0.2) is 6.29 Å². The van der Waals surface area contributed by atoms with Crippen LogP contribution in [0.3, 0.4) is 0 Å². The van der Waals surface area contributed by atoms with Crippen molar-refractivity contribution in [2.75, 3.05) is 13.2 Å². The smallest absolute Gasteiger partial charge is 0.249 e. The van der Waals surface area contributed by atoms with Gasteiger partial charge in [-0.05, 0) is 89.9 Å². The third-order valence-electron chi connectivity index (χ3n) is 12.6. The molecule has 0 radical (unpaired) electrons. The van der Waals surface area contributed by atoms with Gasteiger partial charge in [-0.3, -0.25) is 4.79 Å². The molecule has 1 heterocycles. The Morgan fingerprint density at radius 1 is 0.523 bits per heavy atom. The minimum atomic E-state index is -1.67. The molecule has 65 heavy (non-hydrogen) atoms. The first kappa shape index (κ1) is 61.1. The molecule has 8 N–H and O–H groups in total. The summed E-state index contributed by atoms with van der Waals surface area (Å²) in [4.78, 5) is 13.1. The first-order chi connectivity index (χ1) is 31.7. The molecule has 0 saturated carbocycles. The molecule has 1 rings (SSSR count). The van der Waals surface area contributed by atoms with Gasteiger partial charge in [-0.1, -0.05) is 178 Å². The van der Waals surface area contributed by atoms with Crippen molar-refractivity contribution in [2.45, 2.75) is 274 Å². The predicted molar refractivity (Wildman–Crippen MR) is 265 cm³/mol. The van der Waals surface area contributed by atoms with E-state index < -0.39 is 74.2 Å². The molecule has 0 bridgehead atoms. The Morgan fingerprint density at radius 2 is 0.923 bits per heavy atom. The molecule has 0 spiro atoms. The number of nitrogens with one attached hydrogen (secondary N) is 1. The number of hydrogen-bond donors (Lipinski definition) is 8. The summed E-state index contributed by atoms with van der Waals surface area (Å²) >= 11 is 0. The second-order valence-electron chi connectivity index (χ2n) is 18.6. The van der Waals surface area contributed by atoms with Gasteiger partial charge >= 0.3 is 0 Å². The molecule has 1 aliphatic rings. The Balaban J connectivity index is 2.35. The van der Waals surface area contributed by atoms with Crippen LogP contribution in [0, 0.1) is 0 Å². The molecule has 1 saturated heterocycles. The van der Waals surface area contributed by atoms with Crippen LogP contribution < -0.4 is 5.32 Å². The first-order valence-electron chi connectivity index (χ1n) is 26.5. The van der Waals surface area contributed by atoms with E-state index in [1.807, 2.05) is 0 Å². The van der Waals surface area contributed by atoms with Crippen molar-refractivity contribution in [2.24, 2.45) is 0 Å². The average molecular weight is 922 g/mol. The number of hydrogen-bond acceptors (Lipinski definition) is 10. The van der Waals surface area contributed by atoms with Crippen LogP contribution in [-0.4, -0.2) is 110 Å². The molecule has 1 aliphatic heterocycles. The van der Waals surface area contributed by atoms with E-state index in [0.29, 0.717) is 19.3 Å². The summed E-state index contributed by atoms with van der Waals surface area (Å²) in [7, 11) is 0. The Morgan fingerprint density at radius 3 is 1.40 bits per heavy atom. The molecule has 11 heteroatoms. The molecular formula is C54H99NO10. The number of ether oxygens (including phenoxy) is 2. The summed E-state index contributed by atoms with van der Waals surface area (Å²) in [6, 6.07) is -1.20. The second kappa shape index (κ2) is 43.4. The van der Waals surface area contributed by atoms with E-state index in [2.05, 4.69) is 67.8 Å². The highest BCUT2D eigenvalue weighted by Gasteiger charge is 2.44. The minimum absolute atomic E-state index is 0.233. The van der Waals surface area contributed by atoms with Gasteiger partial charge in [0.2, 0.25) is 5.91 Å². The Kier molecular flexibility index (Phi) is 40.7. The molecule has 0 aromatic carbocycles. The lowest BCUT2D eigenvalue weighted by molar-refractivity contribution is -0.303. The summed E-state index contributed by atoms with van der Waals surface area (Å²) in [6.07, 6.45) is 41.9. The molecule has 1 fully saturated rings. The zero-order valence-corrected chi connectivity index (χ0v) is 41.2. The van der Waals surface area contributed by atoms with Gasteiger partial charge in [0.1, 0.15) is 36.6 Å². The number of carbonyl (C=O) groups excluding carboxylic acids is 1. The summed E-state index contributed by atoms with van der Waals surface area (Å²) in [6.45, 7) is 3.38. The zero-order valence-electron chi connectivity index (χ0n) is 41.2. The largest absolute Gasteiger partial charge is 0.394 e. The monoisotopic (exact) mass is 922 g/mol. The SMILES string of the molecule is CCCCC/C=C\CCCCCCC(O)C(=O)NC(COC1OC(CO)C(O)C(O)C1O)C(O)C(O)CCC/C=C/CC/C=C/CC/C=C/CCCCCCCCCCCCCCCC. The normalized spacial score (nSPS) is 21.3. The van der Waals surface area contributed by atoms with Crippen LogP contribution in [0.25, 0.3) is 0 Å². The maximum atomic E-state index is 13.1. The van der Waals surface area contributed by atoms with Crippen LogP contribution in [0.2, 0.25) is 0 Å². The molecule has 9 unspecified atom stereocenters. The van der Waals surface area contributed by atoms with Gasteiger partial charge in [-0.25, -0.2) is 0 Å². The summed E-state index contributed by atoms with van der Waals surface area (Å²) in [5, 5.41) is 75.7. The van der Waals surface area contributed by atoms with Crippen molar-refractivity contribution in [3.8, 4) is 0 Å². The molecule has 0 aromatic heterocycles. The molecule has 1 amide bonds. The Labute approximate surface area is 396 Å².